The van der Waals surface area contributed by atoms with E-state index < -0.39 is 11.9 Å². The zero-order chi connectivity index (χ0) is 18.4. The van der Waals surface area contributed by atoms with Crippen LogP contribution in [-0.2, 0) is 20.9 Å². The maximum absolute atomic E-state index is 11.9. The zero-order valence-corrected chi connectivity index (χ0v) is 14.2. The van der Waals surface area contributed by atoms with Crippen LogP contribution in [0.5, 0.6) is 0 Å². The lowest BCUT2D eigenvalue weighted by molar-refractivity contribution is -0.138. The van der Waals surface area contributed by atoms with Gasteiger partial charge < -0.3 is 9.47 Å². The van der Waals surface area contributed by atoms with E-state index in [9.17, 15) is 9.59 Å². The maximum atomic E-state index is 11.9. The first-order valence-electron chi connectivity index (χ1n) is 8.03. The number of benzene rings is 2. The van der Waals surface area contributed by atoms with E-state index in [0.29, 0.717) is 16.8 Å². The van der Waals surface area contributed by atoms with Crippen molar-refractivity contribution in [3.63, 3.8) is 0 Å². The summed E-state index contributed by atoms with van der Waals surface area (Å²) in [5.74, 6) is -0.913. The van der Waals surface area contributed by atoms with E-state index in [0.717, 1.165) is 10.9 Å². The van der Waals surface area contributed by atoms with Crippen LogP contribution in [0.2, 0.25) is 0 Å². The average molecular weight is 347 g/mol. The van der Waals surface area contributed by atoms with Crippen LogP contribution in [0.4, 0.5) is 0 Å². The van der Waals surface area contributed by atoms with Crippen molar-refractivity contribution in [1.29, 1.82) is 0 Å². The van der Waals surface area contributed by atoms with Gasteiger partial charge in [-0.2, -0.15) is 0 Å². The minimum Gasteiger partial charge on any atom is -0.465 e. The number of pyridine rings is 1. The van der Waals surface area contributed by atoms with Gasteiger partial charge in [0.1, 0.15) is 6.61 Å². The molecular formula is C21H17NO4. The molecule has 0 saturated heterocycles. The predicted octanol–water partition coefficient (Wildman–Crippen LogP) is 3.78. The van der Waals surface area contributed by atoms with E-state index in [1.54, 1.807) is 30.3 Å². The first-order chi connectivity index (χ1) is 12.7. The minimum atomic E-state index is -0.483. The molecule has 26 heavy (non-hydrogen) atoms. The van der Waals surface area contributed by atoms with Gasteiger partial charge in [-0.1, -0.05) is 36.4 Å². The van der Waals surface area contributed by atoms with Crippen LogP contribution in [0.1, 0.15) is 21.6 Å². The molecule has 0 unspecified atom stereocenters. The molecule has 0 atom stereocenters. The lowest BCUT2D eigenvalue weighted by Gasteiger charge is -2.04. The van der Waals surface area contributed by atoms with Crippen molar-refractivity contribution >= 4 is 28.9 Å². The Bertz CT molecular complexity index is 978. The van der Waals surface area contributed by atoms with Gasteiger partial charge in [0.05, 0.1) is 23.9 Å². The van der Waals surface area contributed by atoms with E-state index in [1.165, 1.54) is 13.2 Å². The third-order valence-electron chi connectivity index (χ3n) is 3.74. The van der Waals surface area contributed by atoms with Crippen molar-refractivity contribution in [2.24, 2.45) is 0 Å². The third kappa shape index (κ3) is 4.33. The number of hydrogen-bond acceptors (Lipinski definition) is 5. The number of rotatable bonds is 5. The molecule has 0 N–H and O–H groups in total. The highest BCUT2D eigenvalue weighted by atomic mass is 16.5. The second-order valence-corrected chi connectivity index (χ2v) is 5.56. The number of para-hydroxylation sites is 1. The number of ether oxygens (including phenoxy) is 2. The molecule has 1 heterocycles. The molecule has 0 amide bonds. The van der Waals surface area contributed by atoms with E-state index in [1.807, 2.05) is 36.4 Å². The molecule has 3 rings (SSSR count). The topological polar surface area (TPSA) is 65.5 Å². The highest BCUT2D eigenvalue weighted by molar-refractivity contribution is 5.89. The number of fused-ring (bicyclic) bond motifs is 1. The number of carbonyl (C=O) groups excluding carboxylic acids is 2. The van der Waals surface area contributed by atoms with Crippen LogP contribution in [0.25, 0.3) is 17.0 Å². The molecule has 0 aliphatic carbocycles. The standard InChI is InChI=1S/C21H17NO4/c1-25-21(24)17-7-4-5-15(13-17)14-26-20(23)12-11-18-10-9-16-6-2-3-8-19(16)22-18/h2-13H,14H2,1H3/b12-11+. The Balaban J connectivity index is 1.61. The predicted molar refractivity (Wildman–Crippen MR) is 98.4 cm³/mol. The molecule has 0 aliphatic rings. The van der Waals surface area contributed by atoms with Gasteiger partial charge in [0.15, 0.2) is 0 Å². The second-order valence-electron chi connectivity index (χ2n) is 5.56. The Morgan fingerprint density at radius 1 is 1.04 bits per heavy atom. The van der Waals surface area contributed by atoms with Crippen LogP contribution in [0, 0.1) is 0 Å². The number of esters is 2. The van der Waals surface area contributed by atoms with Crippen molar-refractivity contribution in [1.82, 2.24) is 4.98 Å². The van der Waals surface area contributed by atoms with E-state index in [4.69, 9.17) is 4.74 Å². The summed E-state index contributed by atoms with van der Waals surface area (Å²) in [6.45, 7) is 0.0686. The second kappa shape index (κ2) is 8.07. The molecule has 0 spiro atoms. The normalized spacial score (nSPS) is 10.8. The fourth-order valence-corrected chi connectivity index (χ4v) is 2.44. The van der Waals surface area contributed by atoms with Crippen LogP contribution in [-0.4, -0.2) is 24.0 Å². The summed E-state index contributed by atoms with van der Waals surface area (Å²) in [5.41, 5.74) is 2.66. The Morgan fingerprint density at radius 3 is 2.73 bits per heavy atom. The minimum absolute atomic E-state index is 0.0686. The van der Waals surface area contributed by atoms with Crippen LogP contribution < -0.4 is 0 Å². The molecule has 0 radical (unpaired) electrons. The third-order valence-corrected chi connectivity index (χ3v) is 3.74. The highest BCUT2D eigenvalue weighted by Crippen LogP contribution is 2.13. The lowest BCUT2D eigenvalue weighted by Crippen LogP contribution is -2.04. The van der Waals surface area contributed by atoms with Crippen molar-refractivity contribution in [2.75, 3.05) is 7.11 Å². The van der Waals surface area contributed by atoms with Gasteiger partial charge >= 0.3 is 11.9 Å². The maximum Gasteiger partial charge on any atom is 0.337 e. The van der Waals surface area contributed by atoms with Crippen LogP contribution in [0.15, 0.2) is 66.7 Å². The monoisotopic (exact) mass is 347 g/mol. The molecule has 0 saturated carbocycles. The Hall–Kier alpha value is -3.47. The summed E-state index contributed by atoms with van der Waals surface area (Å²) in [4.78, 5) is 27.9. The van der Waals surface area contributed by atoms with E-state index >= 15 is 0 Å². The summed E-state index contributed by atoms with van der Waals surface area (Å²) in [7, 11) is 1.32. The first-order valence-corrected chi connectivity index (χ1v) is 8.03. The summed E-state index contributed by atoms with van der Waals surface area (Å²) in [6, 6.07) is 18.3. The quantitative estimate of drug-likeness (QED) is 0.519. The first kappa shape index (κ1) is 17.4. The largest absolute Gasteiger partial charge is 0.465 e. The molecule has 2 aromatic carbocycles. The molecule has 0 fully saturated rings. The van der Waals surface area contributed by atoms with Gasteiger partial charge in [-0.25, -0.2) is 14.6 Å². The van der Waals surface area contributed by atoms with Gasteiger partial charge in [0.25, 0.3) is 0 Å². The van der Waals surface area contributed by atoms with Crippen molar-refractivity contribution in [3.05, 3.63) is 83.6 Å². The zero-order valence-electron chi connectivity index (χ0n) is 14.2. The van der Waals surface area contributed by atoms with Crippen LogP contribution >= 0.6 is 0 Å². The molecule has 1 aromatic heterocycles. The molecule has 0 aliphatic heterocycles. The summed E-state index contributed by atoms with van der Waals surface area (Å²) in [5, 5.41) is 1.04. The summed E-state index contributed by atoms with van der Waals surface area (Å²) >= 11 is 0. The van der Waals surface area contributed by atoms with E-state index in [2.05, 4.69) is 9.72 Å². The number of methoxy groups -OCH3 is 1. The SMILES string of the molecule is COC(=O)c1cccc(COC(=O)/C=C/c2ccc3ccccc3n2)c1. The Labute approximate surface area is 150 Å². The molecule has 0 bridgehead atoms. The lowest BCUT2D eigenvalue weighted by atomic mass is 10.1. The molecule has 5 heteroatoms. The highest BCUT2D eigenvalue weighted by Gasteiger charge is 2.06. The summed E-state index contributed by atoms with van der Waals surface area (Å²) in [6.07, 6.45) is 2.95. The number of nitrogens with zero attached hydrogens (tertiary/aromatic N) is 1. The van der Waals surface area contributed by atoms with Crippen molar-refractivity contribution in [3.8, 4) is 0 Å². The Kier molecular flexibility index (Phi) is 5.39. The van der Waals surface area contributed by atoms with Gasteiger partial charge in [-0.05, 0) is 35.9 Å². The number of hydrogen-bond donors (Lipinski definition) is 0. The molecule has 5 nitrogen and oxygen atoms in total. The van der Waals surface area contributed by atoms with Gasteiger partial charge in [0.2, 0.25) is 0 Å². The fraction of sp³-hybridized carbons (Fsp3) is 0.0952. The number of aromatic nitrogens is 1. The smallest absolute Gasteiger partial charge is 0.337 e. The van der Waals surface area contributed by atoms with Gasteiger partial charge in [-0.15, -0.1) is 0 Å². The van der Waals surface area contributed by atoms with Crippen molar-refractivity contribution in [2.45, 2.75) is 6.61 Å². The molecule has 130 valence electrons. The Morgan fingerprint density at radius 2 is 1.88 bits per heavy atom. The molecule has 3 aromatic rings. The van der Waals surface area contributed by atoms with Gasteiger partial charge in [0, 0.05) is 11.5 Å². The van der Waals surface area contributed by atoms with E-state index in [-0.39, 0.29) is 6.61 Å². The summed E-state index contributed by atoms with van der Waals surface area (Å²) < 4.78 is 9.87. The number of carbonyl (C=O) groups is 2. The molecular weight excluding hydrogens is 330 g/mol. The average Bonchev–Trinajstić information content (AvgIpc) is 2.70. The van der Waals surface area contributed by atoms with Crippen molar-refractivity contribution < 1.29 is 19.1 Å². The van der Waals surface area contributed by atoms with Crippen LogP contribution in [0.3, 0.4) is 0 Å². The fourth-order valence-electron chi connectivity index (χ4n) is 2.44. The van der Waals surface area contributed by atoms with Gasteiger partial charge in [-0.3, -0.25) is 0 Å².